The van der Waals surface area contributed by atoms with Crippen molar-refractivity contribution in [2.45, 2.75) is 19.1 Å². The Bertz CT molecular complexity index is 1040. The molecule has 1 aliphatic carbocycles. The van der Waals surface area contributed by atoms with Crippen LogP contribution in [0, 0.1) is 5.92 Å². The predicted octanol–water partition coefficient (Wildman–Crippen LogP) is 3.23. The van der Waals surface area contributed by atoms with Gasteiger partial charge < -0.3 is 15.4 Å². The largest absolute Gasteiger partial charge is 0.380 e. The molecule has 1 amide bonds. The van der Waals surface area contributed by atoms with Crippen LogP contribution in [0.1, 0.15) is 12.5 Å². The molecule has 0 fully saturated rings. The molecule has 4 nitrogen and oxygen atoms in total. The van der Waals surface area contributed by atoms with Gasteiger partial charge in [0, 0.05) is 28.4 Å². The van der Waals surface area contributed by atoms with Gasteiger partial charge in [-0.1, -0.05) is 42.5 Å². The second-order valence-electron chi connectivity index (χ2n) is 6.44. The number of hydrogen-bond acceptors (Lipinski definition) is 2. The zero-order valence-electron chi connectivity index (χ0n) is 14.0. The summed E-state index contributed by atoms with van der Waals surface area (Å²) in [6.07, 6.45) is 6.79. The van der Waals surface area contributed by atoms with Gasteiger partial charge in [-0.2, -0.15) is 0 Å². The number of aryl methyl sites for hydroxylation is 1. The van der Waals surface area contributed by atoms with Crippen molar-refractivity contribution < 1.29 is 9.90 Å². The number of hydrogen-bond donors (Lipinski definition) is 2. The van der Waals surface area contributed by atoms with Gasteiger partial charge >= 0.3 is 0 Å². The summed E-state index contributed by atoms with van der Waals surface area (Å²) in [5, 5.41) is 13.4. The topological polar surface area (TPSA) is 68.2 Å². The maximum atomic E-state index is 11.8. The fourth-order valence-corrected chi connectivity index (χ4v) is 3.86. The number of aromatic nitrogens is 1. The zero-order chi connectivity index (χ0) is 17.6. The highest BCUT2D eigenvalue weighted by Crippen LogP contribution is 2.38. The minimum absolute atomic E-state index is 0.542. The van der Waals surface area contributed by atoms with Crippen LogP contribution in [0.15, 0.2) is 66.8 Å². The van der Waals surface area contributed by atoms with Crippen molar-refractivity contribution >= 4 is 27.7 Å². The summed E-state index contributed by atoms with van der Waals surface area (Å²) in [6, 6.07) is 14.1. The van der Waals surface area contributed by atoms with E-state index in [1.165, 1.54) is 0 Å². The first-order chi connectivity index (χ1) is 12.1. The Morgan fingerprint density at radius 2 is 1.92 bits per heavy atom. The molecule has 2 aromatic carbocycles. The summed E-state index contributed by atoms with van der Waals surface area (Å²) in [7, 11) is 0. The molecular formula is C21H20N2O2. The first-order valence-electron chi connectivity index (χ1n) is 8.45. The third kappa shape index (κ3) is 2.22. The lowest BCUT2D eigenvalue weighted by Crippen LogP contribution is -2.41. The molecule has 0 saturated carbocycles. The predicted molar refractivity (Wildman–Crippen MR) is 100.0 cm³/mol. The standard InChI is InChI=1S/C21H20N2O2/c1-2-23-18-9-4-3-7-15(18)16-13-14(10-11-19(16)23)21(25)12-6-5-8-17(21)20(22)24/h3-13,17,25H,2H2,1H3,(H2,22,24). The van der Waals surface area contributed by atoms with Crippen LogP contribution in [0.2, 0.25) is 0 Å². The molecule has 126 valence electrons. The number of carbonyl (C=O) groups excluding carboxylic acids is 1. The highest BCUT2D eigenvalue weighted by molar-refractivity contribution is 6.08. The van der Waals surface area contributed by atoms with Gasteiger partial charge in [0.15, 0.2) is 0 Å². The number of nitrogens with two attached hydrogens (primary N) is 1. The normalized spacial score (nSPS) is 22.7. The van der Waals surface area contributed by atoms with E-state index in [-0.39, 0.29) is 0 Å². The molecule has 0 aliphatic heterocycles. The summed E-state index contributed by atoms with van der Waals surface area (Å²) >= 11 is 0. The van der Waals surface area contributed by atoms with Gasteiger partial charge in [-0.25, -0.2) is 0 Å². The van der Waals surface area contributed by atoms with Crippen LogP contribution in [0.25, 0.3) is 21.8 Å². The van der Waals surface area contributed by atoms with Crippen LogP contribution >= 0.6 is 0 Å². The molecule has 0 bridgehead atoms. The number of aliphatic hydroxyl groups is 1. The third-order valence-electron chi connectivity index (χ3n) is 5.10. The number of para-hydroxylation sites is 1. The summed E-state index contributed by atoms with van der Waals surface area (Å²) in [4.78, 5) is 11.8. The van der Waals surface area contributed by atoms with Crippen molar-refractivity contribution in [3.05, 3.63) is 72.3 Å². The molecule has 4 rings (SSSR count). The number of nitrogens with zero attached hydrogens (tertiary/aromatic N) is 1. The minimum atomic E-state index is -1.43. The van der Waals surface area contributed by atoms with E-state index in [9.17, 15) is 9.90 Å². The first-order valence-corrected chi connectivity index (χ1v) is 8.45. The molecular weight excluding hydrogens is 312 g/mol. The highest BCUT2D eigenvalue weighted by atomic mass is 16.3. The number of primary amides is 1. The average molecular weight is 332 g/mol. The SMILES string of the molecule is CCn1c2ccccc2c2cc(C3(O)C=CC=CC3C(N)=O)ccc21. The molecule has 2 unspecified atom stereocenters. The van der Waals surface area contributed by atoms with Gasteiger partial charge in [0.05, 0.1) is 5.92 Å². The van der Waals surface area contributed by atoms with Crippen molar-refractivity contribution in [2.24, 2.45) is 11.7 Å². The average Bonchev–Trinajstić information content (AvgIpc) is 2.95. The van der Waals surface area contributed by atoms with Gasteiger partial charge in [-0.15, -0.1) is 0 Å². The Kier molecular flexibility index (Phi) is 3.51. The molecule has 25 heavy (non-hydrogen) atoms. The maximum absolute atomic E-state index is 11.8. The molecule has 4 heteroatoms. The molecule has 1 aliphatic rings. The Balaban J connectivity index is 1.98. The second kappa shape index (κ2) is 5.60. The van der Waals surface area contributed by atoms with E-state index in [1.807, 2.05) is 30.3 Å². The molecule has 3 aromatic rings. The van der Waals surface area contributed by atoms with E-state index in [1.54, 1.807) is 24.3 Å². The van der Waals surface area contributed by atoms with E-state index in [4.69, 9.17) is 5.73 Å². The molecule has 0 radical (unpaired) electrons. The molecule has 0 saturated heterocycles. The van der Waals surface area contributed by atoms with Crippen molar-refractivity contribution in [1.29, 1.82) is 0 Å². The van der Waals surface area contributed by atoms with Gasteiger partial charge in [-0.05, 0) is 36.8 Å². The molecule has 1 heterocycles. The minimum Gasteiger partial charge on any atom is -0.380 e. The molecule has 2 atom stereocenters. The summed E-state index contributed by atoms with van der Waals surface area (Å²) in [5.74, 6) is -1.33. The second-order valence-corrected chi connectivity index (χ2v) is 6.44. The van der Waals surface area contributed by atoms with Crippen LogP contribution in [0.4, 0.5) is 0 Å². The number of fused-ring (bicyclic) bond motifs is 3. The van der Waals surface area contributed by atoms with Crippen molar-refractivity contribution in [1.82, 2.24) is 4.57 Å². The van der Waals surface area contributed by atoms with Gasteiger partial charge in [-0.3, -0.25) is 4.79 Å². The lowest BCUT2D eigenvalue weighted by Gasteiger charge is -2.32. The number of rotatable bonds is 3. The molecule has 0 spiro atoms. The first kappa shape index (κ1) is 15.7. The number of carbonyl (C=O) groups is 1. The fraction of sp³-hybridized carbons (Fsp3) is 0.190. The molecule has 1 aromatic heterocycles. The number of allylic oxidation sites excluding steroid dienone is 2. The molecule has 3 N–H and O–H groups in total. The van der Waals surface area contributed by atoms with Crippen LogP contribution in [-0.4, -0.2) is 15.6 Å². The Morgan fingerprint density at radius 1 is 1.16 bits per heavy atom. The van der Waals surface area contributed by atoms with Crippen LogP contribution in [0.5, 0.6) is 0 Å². The van der Waals surface area contributed by atoms with Gasteiger partial charge in [0.2, 0.25) is 5.91 Å². The summed E-state index contributed by atoms with van der Waals surface area (Å²) < 4.78 is 2.25. The van der Waals surface area contributed by atoms with Crippen molar-refractivity contribution in [3.63, 3.8) is 0 Å². The smallest absolute Gasteiger partial charge is 0.227 e. The Hall–Kier alpha value is -2.85. The number of amides is 1. The van der Waals surface area contributed by atoms with Gasteiger partial charge in [0.25, 0.3) is 0 Å². The van der Waals surface area contributed by atoms with E-state index < -0.39 is 17.4 Å². The lowest BCUT2D eigenvalue weighted by molar-refractivity contribution is -0.126. The number of benzene rings is 2. The summed E-state index contributed by atoms with van der Waals surface area (Å²) in [5.41, 5.74) is 7.04. The third-order valence-corrected chi connectivity index (χ3v) is 5.10. The zero-order valence-corrected chi connectivity index (χ0v) is 14.0. The van der Waals surface area contributed by atoms with E-state index in [0.717, 1.165) is 28.4 Å². The Morgan fingerprint density at radius 3 is 2.68 bits per heavy atom. The van der Waals surface area contributed by atoms with Crippen LogP contribution in [0.3, 0.4) is 0 Å². The van der Waals surface area contributed by atoms with Crippen molar-refractivity contribution in [3.8, 4) is 0 Å². The van der Waals surface area contributed by atoms with Crippen LogP contribution in [-0.2, 0) is 16.9 Å². The van der Waals surface area contributed by atoms with E-state index in [0.29, 0.717) is 5.56 Å². The van der Waals surface area contributed by atoms with E-state index in [2.05, 4.69) is 23.6 Å². The van der Waals surface area contributed by atoms with E-state index >= 15 is 0 Å². The quantitative estimate of drug-likeness (QED) is 0.773. The van der Waals surface area contributed by atoms with Crippen molar-refractivity contribution in [2.75, 3.05) is 0 Å². The highest BCUT2D eigenvalue weighted by Gasteiger charge is 2.39. The monoisotopic (exact) mass is 332 g/mol. The van der Waals surface area contributed by atoms with Gasteiger partial charge in [0.1, 0.15) is 5.60 Å². The maximum Gasteiger partial charge on any atom is 0.227 e. The Labute approximate surface area is 145 Å². The lowest BCUT2D eigenvalue weighted by atomic mass is 9.78. The van der Waals surface area contributed by atoms with Crippen LogP contribution < -0.4 is 5.73 Å². The summed E-state index contributed by atoms with van der Waals surface area (Å²) in [6.45, 7) is 2.98. The fourth-order valence-electron chi connectivity index (χ4n) is 3.86.